The molecule has 0 spiro atoms. The lowest BCUT2D eigenvalue weighted by Crippen LogP contribution is -2.63. The van der Waals surface area contributed by atoms with Crippen LogP contribution in [-0.2, 0) is 36.7 Å². The number of fused-ring (bicyclic) bond motifs is 1. The van der Waals surface area contributed by atoms with Crippen LogP contribution in [0.3, 0.4) is 0 Å². The molecule has 3 fully saturated rings. The first-order valence-electron chi connectivity index (χ1n) is 16.0. The van der Waals surface area contributed by atoms with Crippen molar-refractivity contribution in [1.82, 2.24) is 0 Å². The van der Waals surface area contributed by atoms with Gasteiger partial charge in [0, 0.05) is 35.2 Å². The summed E-state index contributed by atoms with van der Waals surface area (Å²) in [5.74, 6) is -1.19. The van der Waals surface area contributed by atoms with Crippen LogP contribution in [0, 0.1) is 39.8 Å². The molecule has 3 aliphatic carbocycles. The first-order valence-corrected chi connectivity index (χ1v) is 16.0. The van der Waals surface area contributed by atoms with Crippen LogP contribution in [-0.4, -0.2) is 49.8 Å². The van der Waals surface area contributed by atoms with Crippen LogP contribution < -0.4 is 10.2 Å². The minimum Gasteiger partial charge on any atom is -0.479 e. The largest absolute Gasteiger partial charge is 0.494 e. The summed E-state index contributed by atoms with van der Waals surface area (Å²) in [6.07, 6.45) is 3.95. The molecule has 0 aromatic heterocycles. The molecule has 1 heterocycles. The van der Waals surface area contributed by atoms with Crippen molar-refractivity contribution in [3.8, 4) is 5.75 Å². The molecular weight excluding hydrogens is 562 g/mol. The van der Waals surface area contributed by atoms with Crippen molar-refractivity contribution in [2.75, 3.05) is 13.7 Å². The van der Waals surface area contributed by atoms with E-state index in [1.165, 1.54) is 6.07 Å². The highest BCUT2D eigenvalue weighted by Gasteiger charge is 2.68. The SMILES string of the molecule is CO[C@@H]1CC[C@@]23CC[C@@H](C)[C@@](C)([C@H](OC(=O)COc4ccc5c(c4F)B(O)OC5)C[C@@](C)(Cc4ccccc4)C(=O)[C@@H]2C)[C@@H]13. The van der Waals surface area contributed by atoms with E-state index in [0.29, 0.717) is 18.4 Å². The number of carbonyl (C=O) groups excluding carboxylic acids is 2. The van der Waals surface area contributed by atoms with E-state index in [2.05, 4.69) is 20.8 Å². The number of halogens is 1. The van der Waals surface area contributed by atoms with Crippen molar-refractivity contribution >= 4 is 24.3 Å². The topological polar surface area (TPSA) is 91.3 Å². The Morgan fingerprint density at radius 3 is 2.57 bits per heavy atom. The average Bonchev–Trinajstić information content (AvgIpc) is 3.59. The van der Waals surface area contributed by atoms with E-state index in [1.54, 1.807) is 13.2 Å². The Bertz CT molecular complexity index is 1420. The van der Waals surface area contributed by atoms with E-state index in [1.807, 2.05) is 37.3 Å². The van der Waals surface area contributed by atoms with E-state index in [9.17, 15) is 14.6 Å². The molecule has 4 aliphatic rings. The van der Waals surface area contributed by atoms with Gasteiger partial charge in [-0.25, -0.2) is 9.18 Å². The van der Waals surface area contributed by atoms with Crippen molar-refractivity contribution in [3.05, 3.63) is 59.4 Å². The van der Waals surface area contributed by atoms with E-state index in [-0.39, 0.29) is 52.9 Å². The van der Waals surface area contributed by atoms with Crippen LogP contribution in [0.25, 0.3) is 0 Å². The molecule has 44 heavy (non-hydrogen) atoms. The molecule has 9 heteroatoms. The second-order valence-electron chi connectivity index (χ2n) is 14.2. The van der Waals surface area contributed by atoms with Gasteiger partial charge in [0.15, 0.2) is 18.2 Å². The summed E-state index contributed by atoms with van der Waals surface area (Å²) < 4.78 is 38.5. The molecule has 6 rings (SSSR count). The summed E-state index contributed by atoms with van der Waals surface area (Å²) in [5, 5.41) is 10.0. The minimum atomic E-state index is -1.37. The predicted octanol–water partition coefficient (Wildman–Crippen LogP) is 5.04. The Morgan fingerprint density at radius 2 is 1.84 bits per heavy atom. The third kappa shape index (κ3) is 4.90. The van der Waals surface area contributed by atoms with Gasteiger partial charge in [-0.3, -0.25) is 4.79 Å². The molecule has 236 valence electrons. The summed E-state index contributed by atoms with van der Waals surface area (Å²) in [7, 11) is 0.381. The van der Waals surface area contributed by atoms with Crippen molar-refractivity contribution < 1.29 is 37.9 Å². The number of hydrogen-bond acceptors (Lipinski definition) is 7. The summed E-state index contributed by atoms with van der Waals surface area (Å²) in [5.41, 5.74) is 0.181. The number of rotatable bonds is 7. The van der Waals surface area contributed by atoms with Gasteiger partial charge in [0.2, 0.25) is 0 Å². The maximum Gasteiger partial charge on any atom is 0.494 e. The first kappa shape index (κ1) is 31.2. The van der Waals surface area contributed by atoms with Crippen molar-refractivity contribution in [3.63, 3.8) is 0 Å². The molecule has 2 bridgehead atoms. The molecule has 2 aromatic carbocycles. The second kappa shape index (κ2) is 11.6. The highest BCUT2D eigenvalue weighted by atomic mass is 19.1. The molecule has 8 atom stereocenters. The van der Waals surface area contributed by atoms with Crippen LogP contribution in [0.2, 0.25) is 0 Å². The Morgan fingerprint density at radius 1 is 1.11 bits per heavy atom. The molecule has 0 amide bonds. The van der Waals surface area contributed by atoms with E-state index in [0.717, 1.165) is 31.2 Å². The molecular formula is C35H44BFO7. The molecule has 2 aromatic rings. The zero-order chi connectivity index (χ0) is 31.4. The molecule has 0 radical (unpaired) electrons. The number of hydrogen-bond donors (Lipinski definition) is 1. The number of benzene rings is 2. The van der Waals surface area contributed by atoms with E-state index >= 15 is 4.39 Å². The van der Waals surface area contributed by atoms with Gasteiger partial charge >= 0.3 is 13.1 Å². The third-order valence-corrected chi connectivity index (χ3v) is 12.1. The average molecular weight is 607 g/mol. The fourth-order valence-corrected chi connectivity index (χ4v) is 9.57. The predicted molar refractivity (Wildman–Crippen MR) is 164 cm³/mol. The lowest BCUT2D eigenvalue weighted by molar-refractivity contribution is -0.207. The molecule has 3 saturated carbocycles. The standard InChI is InChI=1S/C35H44BFO7/c1-21-13-15-35-16-14-26(41-5)31(35)34(21,4)27(18-33(3,32(39)22(35)2)17-23-9-7-6-8-10-23)44-28(38)20-42-25-12-11-24-19-43-36(40)29(24)30(25)37/h6-12,21-22,26-27,31,40H,13-20H2,1-5H3/t21-,22+,26-,27-,31-,33-,34+,35+/m1/s1. The lowest BCUT2D eigenvalue weighted by Gasteiger charge is -2.62. The highest BCUT2D eigenvalue weighted by molar-refractivity contribution is 6.61. The maximum atomic E-state index is 15.2. The van der Waals surface area contributed by atoms with Gasteiger partial charge in [0.25, 0.3) is 0 Å². The number of methoxy groups -OCH3 is 1. The number of ketones is 1. The van der Waals surface area contributed by atoms with Crippen molar-refractivity contribution in [2.24, 2.45) is 34.0 Å². The maximum absolute atomic E-state index is 15.2. The van der Waals surface area contributed by atoms with Crippen LogP contribution >= 0.6 is 0 Å². The molecule has 1 aliphatic heterocycles. The lowest BCUT2D eigenvalue weighted by atomic mass is 9.43. The quantitative estimate of drug-likeness (QED) is 0.349. The van der Waals surface area contributed by atoms with E-state index < -0.39 is 42.4 Å². The number of esters is 1. The normalized spacial score (nSPS) is 36.3. The Hall–Kier alpha value is -2.75. The highest BCUT2D eigenvalue weighted by Crippen LogP contribution is 2.68. The van der Waals surface area contributed by atoms with Gasteiger partial charge in [0.1, 0.15) is 11.9 Å². The fraction of sp³-hybridized carbons (Fsp3) is 0.600. The summed E-state index contributed by atoms with van der Waals surface area (Å²) >= 11 is 0. The first-order chi connectivity index (χ1) is 20.9. The third-order valence-electron chi connectivity index (χ3n) is 12.1. The summed E-state index contributed by atoms with van der Waals surface area (Å²) in [4.78, 5) is 28.3. The molecule has 0 unspecified atom stereocenters. The van der Waals surface area contributed by atoms with Crippen molar-refractivity contribution in [2.45, 2.75) is 85.0 Å². The van der Waals surface area contributed by atoms with Gasteiger partial charge in [-0.05, 0) is 67.1 Å². The number of carbonyl (C=O) groups is 2. The van der Waals surface area contributed by atoms with Gasteiger partial charge in [0.05, 0.1) is 12.7 Å². The van der Waals surface area contributed by atoms with Gasteiger partial charge < -0.3 is 23.9 Å². The van der Waals surface area contributed by atoms with E-state index in [4.69, 9.17) is 18.9 Å². The minimum absolute atomic E-state index is 0.0342. The van der Waals surface area contributed by atoms with Crippen LogP contribution in [0.1, 0.15) is 70.9 Å². The van der Waals surface area contributed by atoms with Gasteiger partial charge in [-0.2, -0.15) is 0 Å². The zero-order valence-electron chi connectivity index (χ0n) is 26.4. The summed E-state index contributed by atoms with van der Waals surface area (Å²) in [6.45, 7) is 8.24. The summed E-state index contributed by atoms with van der Waals surface area (Å²) in [6, 6.07) is 13.1. The molecule has 7 nitrogen and oxygen atoms in total. The Labute approximate surface area is 259 Å². The number of Topliss-reactive ketones (excluding diaryl/α,β-unsaturated/α-hetero) is 1. The van der Waals surface area contributed by atoms with Gasteiger partial charge in [-0.15, -0.1) is 0 Å². The van der Waals surface area contributed by atoms with Crippen molar-refractivity contribution in [1.29, 1.82) is 0 Å². The van der Waals surface area contributed by atoms with Crippen LogP contribution in [0.5, 0.6) is 5.75 Å². The smallest absolute Gasteiger partial charge is 0.479 e. The second-order valence-corrected chi connectivity index (χ2v) is 14.2. The Kier molecular flexibility index (Phi) is 8.21. The molecule has 1 N–H and O–H groups in total. The number of ether oxygens (including phenoxy) is 3. The molecule has 0 saturated heterocycles. The van der Waals surface area contributed by atoms with Gasteiger partial charge in [-0.1, -0.05) is 64.1 Å². The van der Waals surface area contributed by atoms with Crippen LogP contribution in [0.15, 0.2) is 42.5 Å². The monoisotopic (exact) mass is 606 g/mol. The van der Waals surface area contributed by atoms with Crippen LogP contribution in [0.4, 0.5) is 4.39 Å². The Balaban J connectivity index is 1.34. The fourth-order valence-electron chi connectivity index (χ4n) is 9.57. The zero-order valence-corrected chi connectivity index (χ0v) is 26.4.